The van der Waals surface area contributed by atoms with Gasteiger partial charge in [0.2, 0.25) is 11.8 Å². The summed E-state index contributed by atoms with van der Waals surface area (Å²) in [6, 6.07) is 9.23. The Morgan fingerprint density at radius 3 is 2.44 bits per heavy atom. The predicted octanol–water partition coefficient (Wildman–Crippen LogP) is 2.26. The van der Waals surface area contributed by atoms with Crippen LogP contribution in [0, 0.1) is 11.8 Å². The van der Waals surface area contributed by atoms with Crippen LogP contribution in [-0.2, 0) is 16.1 Å². The zero-order valence-electron chi connectivity index (χ0n) is 15.1. The number of carbonyl (C=O) groups excluding carboxylic acids is 2. The molecule has 0 aromatic heterocycles. The van der Waals surface area contributed by atoms with Gasteiger partial charge in [-0.25, -0.2) is 0 Å². The second-order valence-electron chi connectivity index (χ2n) is 6.76. The first-order chi connectivity index (χ1) is 11.6. The highest BCUT2D eigenvalue weighted by molar-refractivity contribution is 5.87. The lowest BCUT2D eigenvalue weighted by Gasteiger charge is -2.28. The van der Waals surface area contributed by atoms with E-state index in [2.05, 4.69) is 22.9 Å². The number of hydrogen-bond acceptors (Lipinski definition) is 3. The van der Waals surface area contributed by atoms with Gasteiger partial charge in [0, 0.05) is 13.0 Å². The highest BCUT2D eigenvalue weighted by Gasteiger charge is 2.23. The Balaban J connectivity index is 0.00000312. The summed E-state index contributed by atoms with van der Waals surface area (Å²) in [7, 11) is 0. The van der Waals surface area contributed by atoms with Crippen LogP contribution in [0.3, 0.4) is 0 Å². The molecule has 1 aliphatic heterocycles. The van der Waals surface area contributed by atoms with Crippen LogP contribution in [0.2, 0.25) is 0 Å². The van der Waals surface area contributed by atoms with Crippen molar-refractivity contribution >= 4 is 24.2 Å². The Bertz CT molecular complexity index is 533. The van der Waals surface area contributed by atoms with Gasteiger partial charge in [0.25, 0.3) is 0 Å². The van der Waals surface area contributed by atoms with E-state index in [0.717, 1.165) is 31.5 Å². The van der Waals surface area contributed by atoms with E-state index in [1.165, 1.54) is 0 Å². The van der Waals surface area contributed by atoms with Crippen molar-refractivity contribution in [2.24, 2.45) is 11.8 Å². The minimum atomic E-state index is -0.513. The summed E-state index contributed by atoms with van der Waals surface area (Å²) in [5.74, 6) is 0.760. The first-order valence-electron chi connectivity index (χ1n) is 8.88. The third-order valence-electron chi connectivity index (χ3n) is 4.78. The van der Waals surface area contributed by atoms with Gasteiger partial charge in [-0.1, -0.05) is 37.3 Å². The quantitative estimate of drug-likeness (QED) is 0.692. The summed E-state index contributed by atoms with van der Waals surface area (Å²) < 4.78 is 0. The Kier molecular flexibility index (Phi) is 9.53. The van der Waals surface area contributed by atoms with Crippen LogP contribution < -0.4 is 16.0 Å². The van der Waals surface area contributed by atoms with Crippen LogP contribution in [0.5, 0.6) is 0 Å². The molecule has 5 nitrogen and oxygen atoms in total. The number of piperidine rings is 1. The van der Waals surface area contributed by atoms with E-state index in [0.29, 0.717) is 24.8 Å². The number of benzene rings is 1. The molecule has 2 atom stereocenters. The van der Waals surface area contributed by atoms with Crippen LogP contribution in [-0.4, -0.2) is 30.9 Å². The van der Waals surface area contributed by atoms with Gasteiger partial charge in [-0.2, -0.15) is 0 Å². The average Bonchev–Trinajstić information content (AvgIpc) is 2.61. The maximum atomic E-state index is 12.2. The van der Waals surface area contributed by atoms with Crippen molar-refractivity contribution in [2.75, 3.05) is 13.1 Å². The minimum Gasteiger partial charge on any atom is -0.350 e. The minimum absolute atomic E-state index is 0. The molecule has 2 unspecified atom stereocenters. The van der Waals surface area contributed by atoms with E-state index in [-0.39, 0.29) is 24.2 Å². The van der Waals surface area contributed by atoms with Crippen molar-refractivity contribution in [3.63, 3.8) is 0 Å². The molecule has 0 bridgehead atoms. The van der Waals surface area contributed by atoms with Crippen molar-refractivity contribution in [2.45, 2.75) is 45.7 Å². The summed E-state index contributed by atoms with van der Waals surface area (Å²) in [6.45, 7) is 6.42. The monoisotopic (exact) mass is 367 g/mol. The van der Waals surface area contributed by atoms with Gasteiger partial charge in [-0.05, 0) is 50.3 Å². The highest BCUT2D eigenvalue weighted by atomic mass is 35.5. The van der Waals surface area contributed by atoms with Gasteiger partial charge in [0.15, 0.2) is 0 Å². The highest BCUT2D eigenvalue weighted by Crippen LogP contribution is 2.24. The van der Waals surface area contributed by atoms with E-state index in [1.54, 1.807) is 6.92 Å². The van der Waals surface area contributed by atoms with Gasteiger partial charge in [0.05, 0.1) is 0 Å². The lowest BCUT2D eigenvalue weighted by atomic mass is 9.84. The first kappa shape index (κ1) is 21.5. The summed E-state index contributed by atoms with van der Waals surface area (Å²) in [5.41, 5.74) is 1.05. The van der Waals surface area contributed by atoms with Gasteiger partial charge in [-0.3, -0.25) is 9.59 Å². The molecule has 1 aromatic carbocycles. The van der Waals surface area contributed by atoms with E-state index >= 15 is 0 Å². The summed E-state index contributed by atoms with van der Waals surface area (Å²) in [4.78, 5) is 24.3. The predicted molar refractivity (Wildman–Crippen MR) is 103 cm³/mol. The molecule has 2 rings (SSSR count). The molecule has 0 radical (unpaired) electrons. The maximum absolute atomic E-state index is 12.2. The van der Waals surface area contributed by atoms with Crippen molar-refractivity contribution in [1.82, 2.24) is 16.0 Å². The molecular formula is C19H30ClN3O2. The van der Waals surface area contributed by atoms with Crippen LogP contribution in [0.4, 0.5) is 0 Å². The molecule has 1 saturated heterocycles. The normalized spacial score (nSPS) is 17.0. The fourth-order valence-corrected chi connectivity index (χ4v) is 3.18. The van der Waals surface area contributed by atoms with Crippen LogP contribution in [0.15, 0.2) is 30.3 Å². The van der Waals surface area contributed by atoms with Crippen molar-refractivity contribution in [1.29, 1.82) is 0 Å². The topological polar surface area (TPSA) is 70.2 Å². The SMILES string of the molecule is CC(NC(=O)CC(C)C1CCNCC1)C(=O)NCc1ccccc1.Cl. The largest absolute Gasteiger partial charge is 0.350 e. The fraction of sp³-hybridized carbons (Fsp3) is 0.579. The molecule has 0 saturated carbocycles. The lowest BCUT2D eigenvalue weighted by Crippen LogP contribution is -2.45. The fourth-order valence-electron chi connectivity index (χ4n) is 3.18. The zero-order valence-corrected chi connectivity index (χ0v) is 15.9. The number of carbonyl (C=O) groups is 2. The Hall–Kier alpha value is -1.59. The van der Waals surface area contributed by atoms with Crippen LogP contribution >= 0.6 is 12.4 Å². The van der Waals surface area contributed by atoms with Crippen LogP contribution in [0.25, 0.3) is 0 Å². The van der Waals surface area contributed by atoms with Crippen molar-refractivity contribution in [3.8, 4) is 0 Å². The van der Waals surface area contributed by atoms with E-state index in [1.807, 2.05) is 30.3 Å². The number of amides is 2. The van der Waals surface area contributed by atoms with Crippen LogP contribution in [0.1, 0.15) is 38.7 Å². The van der Waals surface area contributed by atoms with E-state index in [4.69, 9.17) is 0 Å². The lowest BCUT2D eigenvalue weighted by molar-refractivity contribution is -0.129. The molecule has 0 aliphatic carbocycles. The molecule has 3 N–H and O–H groups in total. The first-order valence-corrected chi connectivity index (χ1v) is 8.88. The molecule has 2 amide bonds. The molecule has 1 heterocycles. The average molecular weight is 368 g/mol. The Morgan fingerprint density at radius 2 is 1.80 bits per heavy atom. The van der Waals surface area contributed by atoms with Gasteiger partial charge in [-0.15, -0.1) is 12.4 Å². The molecule has 25 heavy (non-hydrogen) atoms. The molecule has 140 valence electrons. The number of halogens is 1. The van der Waals surface area contributed by atoms with E-state index in [9.17, 15) is 9.59 Å². The molecule has 0 spiro atoms. The second kappa shape index (κ2) is 11.1. The Morgan fingerprint density at radius 1 is 1.16 bits per heavy atom. The molecule has 1 aromatic rings. The van der Waals surface area contributed by atoms with Gasteiger partial charge < -0.3 is 16.0 Å². The standard InChI is InChI=1S/C19H29N3O2.ClH/c1-14(17-8-10-20-11-9-17)12-18(23)22-15(2)19(24)21-13-16-6-4-3-5-7-16;/h3-7,14-15,17,20H,8-13H2,1-2H3,(H,21,24)(H,22,23);1H. The molecule has 1 aliphatic rings. The van der Waals surface area contributed by atoms with E-state index < -0.39 is 6.04 Å². The summed E-state index contributed by atoms with van der Waals surface area (Å²) >= 11 is 0. The smallest absolute Gasteiger partial charge is 0.242 e. The Labute approximate surface area is 156 Å². The number of nitrogens with one attached hydrogen (secondary N) is 3. The summed E-state index contributed by atoms with van der Waals surface area (Å²) in [5, 5.41) is 9.02. The molecule has 6 heteroatoms. The second-order valence-corrected chi connectivity index (χ2v) is 6.76. The summed E-state index contributed by atoms with van der Waals surface area (Å²) in [6.07, 6.45) is 2.74. The van der Waals surface area contributed by atoms with Crippen molar-refractivity contribution in [3.05, 3.63) is 35.9 Å². The van der Waals surface area contributed by atoms with Gasteiger partial charge in [0.1, 0.15) is 6.04 Å². The zero-order chi connectivity index (χ0) is 17.4. The van der Waals surface area contributed by atoms with Gasteiger partial charge >= 0.3 is 0 Å². The molecule has 1 fully saturated rings. The third kappa shape index (κ3) is 7.45. The maximum Gasteiger partial charge on any atom is 0.242 e. The number of hydrogen-bond donors (Lipinski definition) is 3. The third-order valence-corrected chi connectivity index (χ3v) is 4.78. The molecular weight excluding hydrogens is 338 g/mol. The number of rotatable bonds is 7. The van der Waals surface area contributed by atoms with Crippen molar-refractivity contribution < 1.29 is 9.59 Å².